The van der Waals surface area contributed by atoms with Gasteiger partial charge in [0.1, 0.15) is 0 Å². The standard InChI is InChI=1S/C2H3Cl4NP/c1-8(3,4,5,6)2-7/h1H3/q-1. The van der Waals surface area contributed by atoms with Gasteiger partial charge >= 0.3 is 66.1 Å². The van der Waals surface area contributed by atoms with E-state index < -0.39 is 3.36 Å². The molecule has 0 N–H and O–H groups in total. The summed E-state index contributed by atoms with van der Waals surface area (Å²) < 4.78 is -4.50. The normalized spacial score (nSPS) is 20.5. The maximum absolute atomic E-state index is 8.20. The van der Waals surface area contributed by atoms with Crippen LogP contribution in [0.15, 0.2) is 0 Å². The molecule has 0 aromatic heterocycles. The fraction of sp³-hybridized carbons (Fsp3) is 0.500. The van der Waals surface area contributed by atoms with Crippen molar-refractivity contribution in [3.05, 3.63) is 0 Å². The van der Waals surface area contributed by atoms with Gasteiger partial charge in [0.15, 0.2) is 0 Å². The number of rotatable bonds is 0. The molecule has 0 saturated heterocycles. The average Bonchev–Trinajstić information content (AvgIpc) is 1.30. The summed E-state index contributed by atoms with van der Waals surface area (Å²) in [5, 5.41) is 8.20. The van der Waals surface area contributed by atoms with Crippen LogP contribution in [0.2, 0.25) is 0 Å². The van der Waals surface area contributed by atoms with Crippen molar-refractivity contribution in [2.75, 3.05) is 6.66 Å². The van der Waals surface area contributed by atoms with Gasteiger partial charge in [0, 0.05) is 0 Å². The van der Waals surface area contributed by atoms with Crippen LogP contribution in [0.5, 0.6) is 0 Å². The number of hydrogen-bond donors (Lipinski definition) is 0. The molecule has 0 rings (SSSR count). The van der Waals surface area contributed by atoms with Crippen LogP contribution in [0.1, 0.15) is 0 Å². The summed E-state index contributed by atoms with van der Waals surface area (Å²) in [6.07, 6.45) is 0. The van der Waals surface area contributed by atoms with Gasteiger partial charge in [-0.3, -0.25) is 0 Å². The Hall–Kier alpha value is 1.08. The van der Waals surface area contributed by atoms with E-state index in [9.17, 15) is 0 Å². The van der Waals surface area contributed by atoms with Gasteiger partial charge < -0.3 is 0 Å². The van der Waals surface area contributed by atoms with Crippen LogP contribution in [-0.4, -0.2) is 6.66 Å². The third-order valence-corrected chi connectivity index (χ3v) is 1.66. The Bertz CT molecular complexity index is 144. The molecule has 8 heavy (non-hydrogen) atoms. The zero-order valence-electron chi connectivity index (χ0n) is 3.91. The molecule has 0 aliphatic rings. The van der Waals surface area contributed by atoms with Crippen LogP contribution in [0.3, 0.4) is 0 Å². The molecule has 0 atom stereocenters. The molecule has 50 valence electrons. The number of nitriles is 1. The first-order valence-corrected chi connectivity index (χ1v) is 8.32. The third kappa shape index (κ3) is 7.08. The zero-order chi connectivity index (χ0) is 7.12. The van der Waals surface area contributed by atoms with Gasteiger partial charge in [-0.2, -0.15) is 0 Å². The molecule has 0 bridgehead atoms. The van der Waals surface area contributed by atoms with Crippen LogP contribution in [0.25, 0.3) is 0 Å². The van der Waals surface area contributed by atoms with Crippen molar-refractivity contribution >= 4 is 48.3 Å². The molecule has 0 aliphatic heterocycles. The number of halogens is 4. The van der Waals surface area contributed by atoms with E-state index in [-0.39, 0.29) is 0 Å². The quantitative estimate of drug-likeness (QED) is 0.562. The van der Waals surface area contributed by atoms with Crippen molar-refractivity contribution in [1.29, 1.82) is 5.26 Å². The fourth-order valence-corrected chi connectivity index (χ4v) is 0. The van der Waals surface area contributed by atoms with E-state index in [1.165, 1.54) is 5.81 Å². The number of nitrogens with zero attached hydrogens (tertiary/aromatic N) is 1. The molecule has 0 aliphatic carbocycles. The molecule has 0 aromatic carbocycles. The molecule has 0 unspecified atom stereocenters. The Balaban J connectivity index is 4.88. The molecule has 0 radical (unpaired) electrons. The molecule has 6 heteroatoms. The predicted molar refractivity (Wildman–Crippen MR) is 41.9 cm³/mol. The summed E-state index contributed by atoms with van der Waals surface area (Å²) in [6, 6.07) is 0. The van der Waals surface area contributed by atoms with Gasteiger partial charge in [0.2, 0.25) is 0 Å². The molecule has 0 saturated carbocycles. The summed E-state index contributed by atoms with van der Waals surface area (Å²) in [4.78, 5) is 0. The second-order valence-electron chi connectivity index (χ2n) is 1.72. The fourth-order valence-electron chi connectivity index (χ4n) is 0. The Kier molecular flexibility index (Phi) is 1.58. The van der Waals surface area contributed by atoms with Crippen LogP contribution >= 0.6 is 48.3 Å². The van der Waals surface area contributed by atoms with E-state index in [0.29, 0.717) is 0 Å². The first kappa shape index (κ1) is 9.08. The monoisotopic (exact) mass is 212 g/mol. The Labute approximate surface area is 66.1 Å². The third-order valence-electron chi connectivity index (χ3n) is 0.251. The van der Waals surface area contributed by atoms with Gasteiger partial charge in [-0.1, -0.05) is 0 Å². The summed E-state index contributed by atoms with van der Waals surface area (Å²) >= 11 is 21.2. The van der Waals surface area contributed by atoms with Crippen LogP contribution in [-0.2, 0) is 0 Å². The zero-order valence-corrected chi connectivity index (χ0v) is 7.82. The van der Waals surface area contributed by atoms with Crippen molar-refractivity contribution in [1.82, 2.24) is 0 Å². The van der Waals surface area contributed by atoms with Crippen LogP contribution in [0, 0.1) is 11.1 Å². The molecular weight excluding hydrogens is 211 g/mol. The van der Waals surface area contributed by atoms with E-state index in [1.54, 1.807) is 0 Å². The molecule has 1 nitrogen and oxygen atoms in total. The van der Waals surface area contributed by atoms with Crippen LogP contribution < -0.4 is 0 Å². The number of hydrogen-bond acceptors (Lipinski definition) is 1. The summed E-state index contributed by atoms with van der Waals surface area (Å²) in [5.74, 6) is 1.46. The SMILES string of the molecule is C[P-](Cl)(Cl)(Cl)(Cl)C#N. The summed E-state index contributed by atoms with van der Waals surface area (Å²) in [5.41, 5.74) is 0. The van der Waals surface area contributed by atoms with E-state index in [0.717, 1.165) is 6.66 Å². The van der Waals surface area contributed by atoms with Gasteiger partial charge in [0.05, 0.1) is 0 Å². The molecule has 0 aromatic rings. The predicted octanol–water partition coefficient (Wildman–Crippen LogP) is 3.80. The van der Waals surface area contributed by atoms with Crippen molar-refractivity contribution in [3.8, 4) is 5.81 Å². The Morgan fingerprint density at radius 3 is 1.38 bits per heavy atom. The Morgan fingerprint density at radius 2 is 1.38 bits per heavy atom. The van der Waals surface area contributed by atoms with Gasteiger partial charge in [0.25, 0.3) is 0 Å². The van der Waals surface area contributed by atoms with Crippen molar-refractivity contribution in [2.45, 2.75) is 0 Å². The van der Waals surface area contributed by atoms with E-state index in [4.69, 9.17) is 50.2 Å². The first-order chi connectivity index (χ1) is 3.04. The van der Waals surface area contributed by atoms with Crippen molar-refractivity contribution in [2.24, 2.45) is 0 Å². The van der Waals surface area contributed by atoms with Gasteiger partial charge in [-0.05, 0) is 0 Å². The van der Waals surface area contributed by atoms with Gasteiger partial charge in [-0.25, -0.2) is 0 Å². The molecule has 0 spiro atoms. The first-order valence-electron chi connectivity index (χ1n) is 1.57. The second-order valence-corrected chi connectivity index (χ2v) is 20.4. The van der Waals surface area contributed by atoms with E-state index in [2.05, 4.69) is 0 Å². The second kappa shape index (κ2) is 1.39. The summed E-state index contributed by atoms with van der Waals surface area (Å²) in [6.45, 7) is 1.12. The van der Waals surface area contributed by atoms with Crippen LogP contribution in [0.4, 0.5) is 0 Å². The molecular formula is C2H3Cl4NP-. The van der Waals surface area contributed by atoms with E-state index >= 15 is 0 Å². The van der Waals surface area contributed by atoms with Gasteiger partial charge in [-0.15, -0.1) is 0 Å². The van der Waals surface area contributed by atoms with Crippen molar-refractivity contribution in [3.63, 3.8) is 0 Å². The Morgan fingerprint density at radius 1 is 1.25 bits per heavy atom. The minimum atomic E-state index is -4.50. The average molecular weight is 214 g/mol. The van der Waals surface area contributed by atoms with Crippen molar-refractivity contribution < 1.29 is 0 Å². The minimum absolute atomic E-state index is 1.12. The molecule has 0 fully saturated rings. The topological polar surface area (TPSA) is 23.8 Å². The molecule has 0 heterocycles. The maximum atomic E-state index is 8.20. The molecule has 0 amide bonds. The van der Waals surface area contributed by atoms with E-state index in [1.807, 2.05) is 0 Å². The summed E-state index contributed by atoms with van der Waals surface area (Å²) in [7, 11) is 0.